The third-order valence-electron chi connectivity index (χ3n) is 2.85. The van der Waals surface area contributed by atoms with Gasteiger partial charge in [0.25, 0.3) is 0 Å². The van der Waals surface area contributed by atoms with Crippen molar-refractivity contribution in [3.63, 3.8) is 0 Å². The van der Waals surface area contributed by atoms with Gasteiger partial charge in [-0.1, -0.05) is 18.1 Å². The molecule has 1 fully saturated rings. The van der Waals surface area contributed by atoms with Crippen LogP contribution in [-0.4, -0.2) is 28.6 Å². The highest BCUT2D eigenvalue weighted by molar-refractivity contribution is 5.95. The van der Waals surface area contributed by atoms with E-state index in [0.717, 1.165) is 18.8 Å². The summed E-state index contributed by atoms with van der Waals surface area (Å²) < 4.78 is 0. The quantitative estimate of drug-likeness (QED) is 0.351. The van der Waals surface area contributed by atoms with Gasteiger partial charge in [-0.3, -0.25) is 0 Å². The summed E-state index contributed by atoms with van der Waals surface area (Å²) in [6.07, 6.45) is 3.55. The zero-order chi connectivity index (χ0) is 12.3. The number of nitrogens with zero attached hydrogens (tertiary/aromatic N) is 3. The molecule has 0 bridgehead atoms. The van der Waals surface area contributed by atoms with Crippen molar-refractivity contribution in [1.29, 1.82) is 0 Å². The van der Waals surface area contributed by atoms with Crippen LogP contribution in [0.2, 0.25) is 0 Å². The molecule has 1 aliphatic carbocycles. The van der Waals surface area contributed by atoms with Crippen LogP contribution >= 0.6 is 0 Å². The molecule has 0 aromatic carbocycles. The molecule has 0 amide bonds. The number of amidine groups is 1. The first kappa shape index (κ1) is 11.7. The first-order valence-electron chi connectivity index (χ1n) is 5.98. The SMILES string of the molecule is CCCN(c1cccc(C(N)=NO)n1)C1CC1. The van der Waals surface area contributed by atoms with Gasteiger partial charge in [-0.25, -0.2) is 4.98 Å². The van der Waals surface area contributed by atoms with E-state index in [2.05, 4.69) is 22.0 Å². The van der Waals surface area contributed by atoms with E-state index in [9.17, 15) is 0 Å². The Morgan fingerprint density at radius 3 is 2.94 bits per heavy atom. The van der Waals surface area contributed by atoms with Crippen molar-refractivity contribution >= 4 is 11.7 Å². The number of hydrogen-bond donors (Lipinski definition) is 2. The van der Waals surface area contributed by atoms with Crippen molar-refractivity contribution in [2.75, 3.05) is 11.4 Å². The molecule has 17 heavy (non-hydrogen) atoms. The Morgan fingerprint density at radius 2 is 2.35 bits per heavy atom. The summed E-state index contributed by atoms with van der Waals surface area (Å²) in [5.74, 6) is 0.970. The van der Waals surface area contributed by atoms with Gasteiger partial charge in [0.1, 0.15) is 11.5 Å². The molecule has 1 aromatic rings. The van der Waals surface area contributed by atoms with E-state index < -0.39 is 0 Å². The minimum atomic E-state index is 0.0547. The Morgan fingerprint density at radius 1 is 1.59 bits per heavy atom. The molecule has 0 aliphatic heterocycles. The second-order valence-corrected chi connectivity index (χ2v) is 4.29. The highest BCUT2D eigenvalue weighted by Crippen LogP contribution is 2.30. The number of pyridine rings is 1. The number of anilines is 1. The van der Waals surface area contributed by atoms with E-state index >= 15 is 0 Å². The first-order valence-corrected chi connectivity index (χ1v) is 5.98. The molecule has 5 heteroatoms. The number of aromatic nitrogens is 1. The van der Waals surface area contributed by atoms with Gasteiger partial charge in [0.2, 0.25) is 0 Å². The van der Waals surface area contributed by atoms with Crippen molar-refractivity contribution < 1.29 is 5.21 Å². The van der Waals surface area contributed by atoms with Gasteiger partial charge in [-0.05, 0) is 31.4 Å². The lowest BCUT2D eigenvalue weighted by Crippen LogP contribution is -2.28. The van der Waals surface area contributed by atoms with Gasteiger partial charge in [0.05, 0.1) is 0 Å². The lowest BCUT2D eigenvalue weighted by Gasteiger charge is -2.23. The fraction of sp³-hybridized carbons (Fsp3) is 0.500. The monoisotopic (exact) mass is 234 g/mol. The van der Waals surface area contributed by atoms with Crippen LogP contribution in [0.5, 0.6) is 0 Å². The topological polar surface area (TPSA) is 74.7 Å². The maximum Gasteiger partial charge on any atom is 0.188 e. The number of hydrogen-bond acceptors (Lipinski definition) is 4. The summed E-state index contributed by atoms with van der Waals surface area (Å²) in [5.41, 5.74) is 6.07. The second kappa shape index (κ2) is 5.03. The van der Waals surface area contributed by atoms with Crippen LogP contribution in [0.15, 0.2) is 23.4 Å². The first-order chi connectivity index (χ1) is 8.26. The van der Waals surface area contributed by atoms with E-state index in [0.29, 0.717) is 11.7 Å². The van der Waals surface area contributed by atoms with Crippen molar-refractivity contribution in [2.24, 2.45) is 10.9 Å². The molecule has 0 unspecified atom stereocenters. The van der Waals surface area contributed by atoms with Gasteiger partial charge < -0.3 is 15.8 Å². The Hall–Kier alpha value is -1.78. The molecule has 5 nitrogen and oxygen atoms in total. The Bertz CT molecular complexity index is 415. The highest BCUT2D eigenvalue weighted by Gasteiger charge is 2.29. The average molecular weight is 234 g/mol. The normalized spacial score (nSPS) is 15.9. The zero-order valence-corrected chi connectivity index (χ0v) is 10.0. The van der Waals surface area contributed by atoms with Crippen LogP contribution in [0.3, 0.4) is 0 Å². The zero-order valence-electron chi connectivity index (χ0n) is 10.0. The Balaban J connectivity index is 2.24. The molecular weight excluding hydrogens is 216 g/mol. The number of nitrogens with two attached hydrogens (primary N) is 1. The van der Waals surface area contributed by atoms with Crippen LogP contribution in [0.4, 0.5) is 5.82 Å². The van der Waals surface area contributed by atoms with Gasteiger partial charge in [0, 0.05) is 12.6 Å². The summed E-state index contributed by atoms with van der Waals surface area (Å²) in [5, 5.41) is 11.6. The van der Waals surface area contributed by atoms with Gasteiger partial charge in [-0.2, -0.15) is 0 Å². The van der Waals surface area contributed by atoms with Crippen molar-refractivity contribution in [3.05, 3.63) is 23.9 Å². The predicted molar refractivity (Wildman–Crippen MR) is 67.4 cm³/mol. The largest absolute Gasteiger partial charge is 0.409 e. The minimum Gasteiger partial charge on any atom is -0.409 e. The summed E-state index contributed by atoms with van der Waals surface area (Å²) in [6, 6.07) is 6.23. The average Bonchev–Trinajstić information content (AvgIpc) is 3.19. The van der Waals surface area contributed by atoms with Gasteiger partial charge >= 0.3 is 0 Å². The van der Waals surface area contributed by atoms with Gasteiger partial charge in [-0.15, -0.1) is 0 Å². The molecule has 1 heterocycles. The lowest BCUT2D eigenvalue weighted by molar-refractivity contribution is 0.318. The van der Waals surface area contributed by atoms with Gasteiger partial charge in [0.15, 0.2) is 5.84 Å². The summed E-state index contributed by atoms with van der Waals surface area (Å²) in [7, 11) is 0. The van der Waals surface area contributed by atoms with E-state index in [1.54, 1.807) is 6.07 Å². The van der Waals surface area contributed by atoms with Crippen LogP contribution in [0.1, 0.15) is 31.9 Å². The number of rotatable bonds is 5. The molecule has 0 spiro atoms. The maximum absolute atomic E-state index is 8.65. The third kappa shape index (κ3) is 2.67. The van der Waals surface area contributed by atoms with Crippen molar-refractivity contribution in [3.8, 4) is 0 Å². The van der Waals surface area contributed by atoms with E-state index in [-0.39, 0.29) is 5.84 Å². The van der Waals surface area contributed by atoms with Crippen LogP contribution < -0.4 is 10.6 Å². The lowest BCUT2D eigenvalue weighted by atomic mass is 10.3. The molecule has 0 radical (unpaired) electrons. The van der Waals surface area contributed by atoms with Crippen molar-refractivity contribution in [2.45, 2.75) is 32.2 Å². The van der Waals surface area contributed by atoms with Crippen LogP contribution in [0.25, 0.3) is 0 Å². The van der Waals surface area contributed by atoms with Crippen LogP contribution in [-0.2, 0) is 0 Å². The molecule has 92 valence electrons. The predicted octanol–water partition coefficient (Wildman–Crippen LogP) is 1.55. The van der Waals surface area contributed by atoms with Crippen molar-refractivity contribution in [1.82, 2.24) is 4.98 Å². The minimum absolute atomic E-state index is 0.0547. The molecule has 1 saturated carbocycles. The molecular formula is C12H18N4O. The van der Waals surface area contributed by atoms with E-state index in [4.69, 9.17) is 10.9 Å². The third-order valence-corrected chi connectivity index (χ3v) is 2.85. The summed E-state index contributed by atoms with van der Waals surface area (Å²) in [4.78, 5) is 6.73. The highest BCUT2D eigenvalue weighted by atomic mass is 16.4. The molecule has 1 aliphatic rings. The summed E-state index contributed by atoms with van der Waals surface area (Å²) in [6.45, 7) is 3.15. The second-order valence-electron chi connectivity index (χ2n) is 4.29. The Kier molecular flexibility index (Phi) is 3.46. The molecule has 2 rings (SSSR count). The van der Waals surface area contributed by atoms with E-state index in [1.807, 2.05) is 12.1 Å². The summed E-state index contributed by atoms with van der Waals surface area (Å²) >= 11 is 0. The fourth-order valence-electron chi connectivity index (χ4n) is 1.89. The van der Waals surface area contributed by atoms with Crippen LogP contribution in [0, 0.1) is 0 Å². The number of oxime groups is 1. The standard InChI is InChI=1S/C12H18N4O/c1-2-8-16(9-6-7-9)11-5-3-4-10(14-11)12(13)15-17/h3-5,9,17H,2,6-8H2,1H3,(H2,13,15). The fourth-order valence-corrected chi connectivity index (χ4v) is 1.89. The molecule has 0 atom stereocenters. The smallest absolute Gasteiger partial charge is 0.188 e. The molecule has 1 aromatic heterocycles. The Labute approximate surface area is 101 Å². The molecule has 0 saturated heterocycles. The van der Waals surface area contributed by atoms with E-state index in [1.165, 1.54) is 12.8 Å². The molecule has 3 N–H and O–H groups in total. The maximum atomic E-state index is 8.65.